The number of carbonyl (C=O) groups excluding carboxylic acids is 2. The highest BCUT2D eigenvalue weighted by Crippen LogP contribution is 2.36. The maximum absolute atomic E-state index is 12.9. The van der Waals surface area contributed by atoms with Gasteiger partial charge in [0.15, 0.2) is 0 Å². The van der Waals surface area contributed by atoms with Gasteiger partial charge in [0.05, 0.1) is 15.9 Å². The van der Waals surface area contributed by atoms with Crippen LogP contribution in [0.25, 0.3) is 6.08 Å². The first-order valence-corrected chi connectivity index (χ1v) is 12.9. The molecule has 2 amide bonds. The van der Waals surface area contributed by atoms with Crippen LogP contribution >= 0.6 is 74.1 Å². The van der Waals surface area contributed by atoms with Gasteiger partial charge in [-0.3, -0.25) is 14.5 Å². The molecule has 1 aliphatic rings. The van der Waals surface area contributed by atoms with Crippen LogP contribution in [0.5, 0.6) is 5.75 Å². The van der Waals surface area contributed by atoms with E-state index in [1.54, 1.807) is 60.7 Å². The minimum atomic E-state index is -0.403. The molecular weight excluding hydrogens is 604 g/mol. The molecule has 0 spiro atoms. The summed E-state index contributed by atoms with van der Waals surface area (Å²) in [7, 11) is 0. The molecular formula is C24H14BrCl4NO3S. The van der Waals surface area contributed by atoms with E-state index in [4.69, 9.17) is 51.1 Å². The van der Waals surface area contributed by atoms with Crippen molar-refractivity contribution in [2.24, 2.45) is 0 Å². The molecule has 1 fully saturated rings. The monoisotopic (exact) mass is 615 g/mol. The molecule has 1 heterocycles. The fourth-order valence-electron chi connectivity index (χ4n) is 3.15. The van der Waals surface area contributed by atoms with Gasteiger partial charge in [0.1, 0.15) is 12.4 Å². The van der Waals surface area contributed by atoms with Gasteiger partial charge in [-0.1, -0.05) is 64.6 Å². The van der Waals surface area contributed by atoms with Crippen LogP contribution in [-0.4, -0.2) is 16.0 Å². The molecule has 10 heteroatoms. The van der Waals surface area contributed by atoms with Gasteiger partial charge in [0.2, 0.25) is 0 Å². The van der Waals surface area contributed by atoms with Crippen molar-refractivity contribution in [3.63, 3.8) is 0 Å². The first kappa shape index (κ1) is 25.4. The lowest BCUT2D eigenvalue weighted by atomic mass is 10.2. The van der Waals surface area contributed by atoms with Gasteiger partial charge in [-0.25, -0.2) is 0 Å². The van der Waals surface area contributed by atoms with Crippen LogP contribution in [0.1, 0.15) is 16.7 Å². The third-order valence-electron chi connectivity index (χ3n) is 4.90. The van der Waals surface area contributed by atoms with Gasteiger partial charge < -0.3 is 4.74 Å². The second-order valence-corrected chi connectivity index (χ2v) is 10.7. The smallest absolute Gasteiger partial charge is 0.293 e. The first-order valence-electron chi connectivity index (χ1n) is 9.77. The number of hydrogen-bond donors (Lipinski definition) is 0. The molecule has 4 nitrogen and oxygen atoms in total. The number of imide groups is 1. The van der Waals surface area contributed by atoms with Crippen molar-refractivity contribution >= 4 is 91.3 Å². The van der Waals surface area contributed by atoms with Gasteiger partial charge in [-0.15, -0.1) is 0 Å². The van der Waals surface area contributed by atoms with E-state index in [-0.39, 0.29) is 18.4 Å². The molecule has 3 aromatic rings. The third kappa shape index (κ3) is 5.76. The number of carbonyl (C=O) groups is 2. The predicted molar refractivity (Wildman–Crippen MR) is 143 cm³/mol. The van der Waals surface area contributed by atoms with E-state index in [0.717, 1.165) is 27.8 Å². The standard InChI is InChI=1S/C24H14BrCl4NO3S/c25-17-8-13(4-7-21(17)33-12-14-5-6-15(26)10-20(14)29)9-22-23(31)30(24(32)34-22)11-16-18(27)2-1-3-19(16)28/h1-10H,11-12H2/b22-9-. The molecule has 1 aliphatic heterocycles. The Morgan fingerprint density at radius 2 is 1.68 bits per heavy atom. The molecule has 0 N–H and O–H groups in total. The Balaban J connectivity index is 1.48. The zero-order chi connectivity index (χ0) is 24.4. The summed E-state index contributed by atoms with van der Waals surface area (Å²) >= 11 is 28.9. The second kappa shape index (κ2) is 10.9. The quantitative estimate of drug-likeness (QED) is 0.259. The van der Waals surface area contributed by atoms with Crippen molar-refractivity contribution < 1.29 is 14.3 Å². The molecule has 0 saturated carbocycles. The maximum atomic E-state index is 12.9. The number of halogens is 5. The maximum Gasteiger partial charge on any atom is 0.293 e. The van der Waals surface area contributed by atoms with Crippen molar-refractivity contribution in [2.45, 2.75) is 13.2 Å². The van der Waals surface area contributed by atoms with E-state index in [1.807, 2.05) is 0 Å². The summed E-state index contributed by atoms with van der Waals surface area (Å²) in [5.74, 6) is 0.199. The van der Waals surface area contributed by atoms with Crippen molar-refractivity contribution in [3.05, 3.63) is 101 Å². The molecule has 0 unspecified atom stereocenters. The molecule has 0 aromatic heterocycles. The molecule has 1 saturated heterocycles. The van der Waals surface area contributed by atoms with E-state index in [9.17, 15) is 9.59 Å². The summed E-state index contributed by atoms with van der Waals surface area (Å²) in [6.45, 7) is 0.266. The van der Waals surface area contributed by atoms with E-state index >= 15 is 0 Å². The van der Waals surface area contributed by atoms with Gasteiger partial charge in [-0.2, -0.15) is 0 Å². The molecule has 174 valence electrons. The fraction of sp³-hybridized carbons (Fsp3) is 0.0833. The minimum Gasteiger partial charge on any atom is -0.488 e. The highest BCUT2D eigenvalue weighted by atomic mass is 79.9. The van der Waals surface area contributed by atoms with Crippen molar-refractivity contribution in [3.8, 4) is 5.75 Å². The molecule has 0 atom stereocenters. The van der Waals surface area contributed by atoms with Gasteiger partial charge in [-0.05, 0) is 75.7 Å². The Kier molecular flexibility index (Phi) is 8.18. The number of rotatable bonds is 6. The summed E-state index contributed by atoms with van der Waals surface area (Å²) in [5, 5.41) is 1.49. The summed E-state index contributed by atoms with van der Waals surface area (Å²) in [6.07, 6.45) is 1.66. The highest BCUT2D eigenvalue weighted by molar-refractivity contribution is 9.10. The number of thioether (sulfide) groups is 1. The van der Waals surface area contributed by atoms with Gasteiger partial charge in [0, 0.05) is 31.2 Å². The number of ether oxygens (including phenoxy) is 1. The van der Waals surface area contributed by atoms with Crippen molar-refractivity contribution in [1.29, 1.82) is 0 Å². The van der Waals surface area contributed by atoms with Crippen LogP contribution in [-0.2, 0) is 17.9 Å². The van der Waals surface area contributed by atoms with Crippen LogP contribution in [0, 0.1) is 0 Å². The van der Waals surface area contributed by atoms with Crippen LogP contribution in [0.15, 0.2) is 64.0 Å². The molecule has 34 heavy (non-hydrogen) atoms. The topological polar surface area (TPSA) is 46.6 Å². The Morgan fingerprint density at radius 3 is 2.35 bits per heavy atom. The van der Waals surface area contributed by atoms with Crippen molar-refractivity contribution in [1.82, 2.24) is 4.90 Å². The molecule has 4 rings (SSSR count). The second-order valence-electron chi connectivity index (χ2n) is 7.18. The highest BCUT2D eigenvalue weighted by Gasteiger charge is 2.35. The Bertz CT molecular complexity index is 1310. The molecule has 0 radical (unpaired) electrons. The third-order valence-corrected chi connectivity index (χ3v) is 7.73. The van der Waals surface area contributed by atoms with E-state index < -0.39 is 5.91 Å². The largest absolute Gasteiger partial charge is 0.488 e. The molecule has 0 aliphatic carbocycles. The number of amides is 2. The summed E-state index contributed by atoms with van der Waals surface area (Å²) in [5.41, 5.74) is 2.05. The normalized spacial score (nSPS) is 14.9. The summed E-state index contributed by atoms with van der Waals surface area (Å²) in [4.78, 5) is 26.8. The predicted octanol–water partition coefficient (Wildman–Crippen LogP) is 8.88. The van der Waals surface area contributed by atoms with Crippen LogP contribution in [0.2, 0.25) is 20.1 Å². The minimum absolute atomic E-state index is 0.00421. The van der Waals surface area contributed by atoms with Gasteiger partial charge >= 0.3 is 0 Å². The molecule has 0 bridgehead atoms. The van der Waals surface area contributed by atoms with Gasteiger partial charge in [0.25, 0.3) is 11.1 Å². The van der Waals surface area contributed by atoms with Crippen LogP contribution in [0.4, 0.5) is 4.79 Å². The number of hydrogen-bond acceptors (Lipinski definition) is 4. The average Bonchev–Trinajstić information content (AvgIpc) is 3.04. The first-order chi connectivity index (χ1) is 16.2. The zero-order valence-corrected chi connectivity index (χ0v) is 22.6. The Morgan fingerprint density at radius 1 is 0.941 bits per heavy atom. The van der Waals surface area contributed by atoms with Crippen LogP contribution < -0.4 is 4.74 Å². The lowest BCUT2D eigenvalue weighted by Crippen LogP contribution is -2.27. The summed E-state index contributed by atoms with van der Waals surface area (Å²) in [6, 6.07) is 15.6. The summed E-state index contributed by atoms with van der Waals surface area (Å²) < 4.78 is 6.55. The Labute approximate surface area is 228 Å². The number of benzene rings is 3. The van der Waals surface area contributed by atoms with Crippen LogP contribution in [0.3, 0.4) is 0 Å². The Hall–Kier alpha value is -1.67. The van der Waals surface area contributed by atoms with Crippen molar-refractivity contribution in [2.75, 3.05) is 0 Å². The van der Waals surface area contributed by atoms with E-state index in [2.05, 4.69) is 15.9 Å². The average molecular weight is 618 g/mol. The lowest BCUT2D eigenvalue weighted by molar-refractivity contribution is -0.123. The number of nitrogens with zero attached hydrogens (tertiary/aromatic N) is 1. The van der Waals surface area contributed by atoms with E-state index in [0.29, 0.717) is 40.8 Å². The zero-order valence-electron chi connectivity index (χ0n) is 17.2. The molecule has 3 aromatic carbocycles. The van der Waals surface area contributed by atoms with E-state index in [1.165, 1.54) is 0 Å². The fourth-order valence-corrected chi connectivity index (χ4v) is 5.48. The SMILES string of the molecule is O=C1S/C(=C\c2ccc(OCc3ccc(Cl)cc3Cl)c(Br)c2)C(=O)N1Cc1c(Cl)cccc1Cl. The lowest BCUT2D eigenvalue weighted by Gasteiger charge is -2.14.